The smallest absolute Gasteiger partial charge is 0.415 e. The van der Waals surface area contributed by atoms with Crippen molar-refractivity contribution >= 4 is 11.9 Å². The van der Waals surface area contributed by atoms with Gasteiger partial charge in [0.05, 0.1) is 18.8 Å². The van der Waals surface area contributed by atoms with E-state index in [1.165, 1.54) is 0 Å². The average molecular weight is 334 g/mol. The van der Waals surface area contributed by atoms with Crippen LogP contribution < -0.4 is 4.90 Å². The molecule has 1 atom stereocenters. The number of nitrogens with zero attached hydrogens (tertiary/aromatic N) is 4. The summed E-state index contributed by atoms with van der Waals surface area (Å²) in [7, 11) is 1.74. The zero-order valence-corrected chi connectivity index (χ0v) is 14.5. The molecule has 2 aliphatic rings. The van der Waals surface area contributed by atoms with Gasteiger partial charge in [0.2, 0.25) is 0 Å². The van der Waals surface area contributed by atoms with Crippen LogP contribution in [0.3, 0.4) is 0 Å². The molecule has 0 N–H and O–H groups in total. The maximum absolute atomic E-state index is 12.0. The van der Waals surface area contributed by atoms with Crippen molar-refractivity contribution in [2.75, 3.05) is 44.8 Å². The molecule has 0 saturated carbocycles. The van der Waals surface area contributed by atoms with Crippen LogP contribution in [0, 0.1) is 5.92 Å². The van der Waals surface area contributed by atoms with E-state index in [1.807, 2.05) is 6.92 Å². The fourth-order valence-electron chi connectivity index (χ4n) is 3.41. The number of carbonyl (C=O) groups is 1. The van der Waals surface area contributed by atoms with Gasteiger partial charge in [-0.15, -0.1) is 0 Å². The molecule has 0 radical (unpaired) electrons. The van der Waals surface area contributed by atoms with Crippen LogP contribution in [0.1, 0.15) is 25.5 Å². The average Bonchev–Trinajstić information content (AvgIpc) is 2.93. The molecule has 3 rings (SSSR count). The first-order valence-corrected chi connectivity index (χ1v) is 8.66. The highest BCUT2D eigenvalue weighted by Crippen LogP contribution is 2.27. The highest BCUT2D eigenvalue weighted by Gasteiger charge is 2.32. The van der Waals surface area contributed by atoms with E-state index in [-0.39, 0.29) is 12.2 Å². The van der Waals surface area contributed by atoms with Crippen molar-refractivity contribution < 1.29 is 14.3 Å². The van der Waals surface area contributed by atoms with E-state index in [9.17, 15) is 4.79 Å². The van der Waals surface area contributed by atoms with Gasteiger partial charge < -0.3 is 14.4 Å². The van der Waals surface area contributed by atoms with Crippen LogP contribution >= 0.6 is 0 Å². The van der Waals surface area contributed by atoms with Crippen LogP contribution in [0.2, 0.25) is 0 Å². The molecule has 0 unspecified atom stereocenters. The lowest BCUT2D eigenvalue weighted by atomic mass is 9.92. The summed E-state index contributed by atoms with van der Waals surface area (Å²) in [6.45, 7) is 6.40. The summed E-state index contributed by atoms with van der Waals surface area (Å²) in [6.07, 6.45) is 6.07. The number of anilines is 1. The number of amides is 1. The number of piperidine rings is 1. The van der Waals surface area contributed by atoms with Crippen molar-refractivity contribution in [3.63, 3.8) is 0 Å². The summed E-state index contributed by atoms with van der Waals surface area (Å²) in [5.41, 5.74) is 0.902. The molecule has 0 aliphatic carbocycles. The number of rotatable bonds is 6. The Morgan fingerprint density at radius 1 is 1.29 bits per heavy atom. The molecule has 1 amide bonds. The summed E-state index contributed by atoms with van der Waals surface area (Å²) in [4.78, 5) is 24.9. The molecule has 7 nitrogen and oxygen atoms in total. The maximum Gasteiger partial charge on any atom is 0.415 e. The molecular weight excluding hydrogens is 308 g/mol. The van der Waals surface area contributed by atoms with Crippen LogP contribution in [0.25, 0.3) is 0 Å². The summed E-state index contributed by atoms with van der Waals surface area (Å²) >= 11 is 0. The maximum atomic E-state index is 12.0. The lowest BCUT2D eigenvalue weighted by Gasteiger charge is -2.31. The SMILES string of the molecule is COCCN1CCC(Cc2nccnc2N2C[C@H](C)OC2=O)CC1. The Kier molecular flexibility index (Phi) is 5.63. The van der Waals surface area contributed by atoms with Crippen LogP contribution in [0.4, 0.5) is 10.6 Å². The van der Waals surface area contributed by atoms with Crippen molar-refractivity contribution in [1.29, 1.82) is 0 Å². The van der Waals surface area contributed by atoms with Crippen LogP contribution in [0.15, 0.2) is 12.4 Å². The molecule has 2 fully saturated rings. The molecule has 2 saturated heterocycles. The van der Waals surface area contributed by atoms with Crippen molar-refractivity contribution in [3.8, 4) is 0 Å². The molecule has 0 spiro atoms. The molecule has 24 heavy (non-hydrogen) atoms. The Morgan fingerprint density at radius 3 is 2.71 bits per heavy atom. The second-order valence-electron chi connectivity index (χ2n) is 6.61. The number of ether oxygens (including phenoxy) is 2. The minimum atomic E-state index is -0.321. The number of aromatic nitrogens is 2. The molecule has 2 aliphatic heterocycles. The Labute approximate surface area is 143 Å². The van der Waals surface area contributed by atoms with Crippen molar-refractivity contribution in [1.82, 2.24) is 14.9 Å². The normalized spacial score (nSPS) is 22.8. The first-order chi connectivity index (χ1) is 11.7. The lowest BCUT2D eigenvalue weighted by molar-refractivity contribution is 0.120. The van der Waals surface area contributed by atoms with Crippen molar-refractivity contribution in [2.24, 2.45) is 5.92 Å². The highest BCUT2D eigenvalue weighted by atomic mass is 16.6. The summed E-state index contributed by atoms with van der Waals surface area (Å²) in [5.74, 6) is 1.24. The van der Waals surface area contributed by atoms with Crippen LogP contribution in [0.5, 0.6) is 0 Å². The van der Waals surface area contributed by atoms with Gasteiger partial charge in [-0.1, -0.05) is 0 Å². The summed E-state index contributed by atoms with van der Waals surface area (Å²) < 4.78 is 10.4. The van der Waals surface area contributed by atoms with Gasteiger partial charge >= 0.3 is 6.09 Å². The van der Waals surface area contributed by atoms with E-state index in [0.29, 0.717) is 18.3 Å². The Hall–Kier alpha value is -1.73. The number of cyclic esters (lactones) is 1. The van der Waals surface area contributed by atoms with Gasteiger partial charge in [-0.2, -0.15) is 0 Å². The van der Waals surface area contributed by atoms with Gasteiger partial charge in [0, 0.05) is 26.0 Å². The number of hydrogen-bond donors (Lipinski definition) is 0. The fraction of sp³-hybridized carbons (Fsp3) is 0.706. The predicted octanol–water partition coefficient (Wildman–Crippen LogP) is 1.72. The molecule has 132 valence electrons. The number of methoxy groups -OCH3 is 1. The second-order valence-corrected chi connectivity index (χ2v) is 6.61. The summed E-state index contributed by atoms with van der Waals surface area (Å²) in [5, 5.41) is 0. The third-order valence-electron chi connectivity index (χ3n) is 4.77. The molecular formula is C17H26N4O3. The number of carbonyl (C=O) groups excluding carboxylic acids is 1. The van der Waals surface area contributed by atoms with Gasteiger partial charge in [0.1, 0.15) is 6.10 Å². The van der Waals surface area contributed by atoms with E-state index in [1.54, 1.807) is 24.4 Å². The van der Waals surface area contributed by atoms with E-state index < -0.39 is 0 Å². The highest BCUT2D eigenvalue weighted by molar-refractivity contribution is 5.89. The van der Waals surface area contributed by atoms with Gasteiger partial charge in [-0.25, -0.2) is 9.78 Å². The van der Waals surface area contributed by atoms with Crippen LogP contribution in [-0.2, 0) is 15.9 Å². The molecule has 0 aromatic carbocycles. The number of likely N-dealkylation sites (tertiary alicyclic amines) is 1. The topological polar surface area (TPSA) is 67.8 Å². The van der Waals surface area contributed by atoms with E-state index in [0.717, 1.165) is 51.2 Å². The molecule has 7 heteroatoms. The van der Waals surface area contributed by atoms with Crippen molar-refractivity contribution in [3.05, 3.63) is 18.1 Å². The minimum absolute atomic E-state index is 0.101. The molecule has 1 aromatic rings. The Balaban J connectivity index is 1.61. The third-order valence-corrected chi connectivity index (χ3v) is 4.77. The zero-order chi connectivity index (χ0) is 16.9. The van der Waals surface area contributed by atoms with Gasteiger partial charge in [0.15, 0.2) is 5.82 Å². The summed E-state index contributed by atoms with van der Waals surface area (Å²) in [6, 6.07) is 0. The van der Waals surface area contributed by atoms with E-state index in [2.05, 4.69) is 14.9 Å². The van der Waals surface area contributed by atoms with E-state index in [4.69, 9.17) is 9.47 Å². The van der Waals surface area contributed by atoms with Gasteiger partial charge in [-0.3, -0.25) is 9.88 Å². The second kappa shape index (κ2) is 7.90. The molecule has 0 bridgehead atoms. The third kappa shape index (κ3) is 4.02. The van der Waals surface area contributed by atoms with E-state index >= 15 is 0 Å². The predicted molar refractivity (Wildman–Crippen MR) is 90.1 cm³/mol. The first kappa shape index (κ1) is 17.1. The van der Waals surface area contributed by atoms with Crippen molar-refractivity contribution in [2.45, 2.75) is 32.3 Å². The van der Waals surface area contributed by atoms with Crippen LogP contribution in [-0.4, -0.2) is 67.0 Å². The standard InChI is InChI=1S/C17H26N4O3/c1-13-12-21(17(22)24-13)16-15(18-5-6-19-16)11-14-3-7-20(8-4-14)9-10-23-2/h5-6,13-14H,3-4,7-12H2,1-2H3/t13-/m0/s1. The number of hydrogen-bond acceptors (Lipinski definition) is 6. The fourth-order valence-corrected chi connectivity index (χ4v) is 3.41. The first-order valence-electron chi connectivity index (χ1n) is 8.66. The largest absolute Gasteiger partial charge is 0.444 e. The lowest BCUT2D eigenvalue weighted by Crippen LogP contribution is -2.36. The molecule has 3 heterocycles. The Morgan fingerprint density at radius 2 is 2.04 bits per heavy atom. The quantitative estimate of drug-likeness (QED) is 0.789. The van der Waals surface area contributed by atoms with Gasteiger partial charge in [0.25, 0.3) is 0 Å². The Bertz CT molecular complexity index is 561. The molecule has 1 aromatic heterocycles. The zero-order valence-electron chi connectivity index (χ0n) is 14.5. The monoisotopic (exact) mass is 334 g/mol. The minimum Gasteiger partial charge on any atom is -0.444 e. The van der Waals surface area contributed by atoms with Gasteiger partial charge in [-0.05, 0) is 45.2 Å².